The average Bonchev–Trinajstić information content (AvgIpc) is 4.11. The molecule has 0 radical (unpaired) electrons. The van der Waals surface area contributed by atoms with Crippen molar-refractivity contribution >= 4 is 67.7 Å². The number of carbonyl (C=O) groups is 3. The molecule has 308 valence electrons. The minimum atomic E-state index is -1.30. The van der Waals surface area contributed by atoms with Crippen LogP contribution in [-0.2, 0) is 28.2 Å². The van der Waals surface area contributed by atoms with Crippen molar-refractivity contribution < 1.29 is 24.2 Å². The van der Waals surface area contributed by atoms with Crippen molar-refractivity contribution in [2.75, 3.05) is 14.7 Å². The maximum atomic E-state index is 15.2. The van der Waals surface area contributed by atoms with Crippen molar-refractivity contribution in [3.8, 4) is 0 Å². The smallest absolute Gasteiger partial charge is 0.264 e. The molecular weight excluding hydrogens is 789 g/mol. The van der Waals surface area contributed by atoms with Gasteiger partial charge in [0.2, 0.25) is 0 Å². The molecule has 4 aliphatic rings. The summed E-state index contributed by atoms with van der Waals surface area (Å²) in [7, 11) is 0. The molecule has 4 atom stereocenters. The molecule has 1 aromatic heterocycles. The van der Waals surface area contributed by atoms with Crippen LogP contribution in [0.3, 0.4) is 0 Å². The van der Waals surface area contributed by atoms with Crippen LogP contribution in [0.15, 0.2) is 152 Å². The van der Waals surface area contributed by atoms with E-state index in [1.54, 1.807) is 25.6 Å². The summed E-state index contributed by atoms with van der Waals surface area (Å²) < 4.78 is 8.76. The van der Waals surface area contributed by atoms with E-state index in [9.17, 15) is 14.7 Å². The Morgan fingerprint density at radius 3 is 2.00 bits per heavy atom. The summed E-state index contributed by atoms with van der Waals surface area (Å²) in [5.74, 6) is -0.542. The zero-order valence-electron chi connectivity index (χ0n) is 34.3. The van der Waals surface area contributed by atoms with E-state index in [4.69, 9.17) is 4.74 Å². The first kappa shape index (κ1) is 37.3. The van der Waals surface area contributed by atoms with Gasteiger partial charge in [-0.3, -0.25) is 28.9 Å². The number of carbonyl (C=O) groups excluding carboxylic acids is 3. The zero-order valence-corrected chi connectivity index (χ0v) is 34.3. The number of aliphatic hydroxyl groups is 1. The lowest BCUT2D eigenvalue weighted by Crippen LogP contribution is -2.43. The largest absolute Gasteiger partial charge is 0.382 e. The second-order valence-electron chi connectivity index (χ2n) is 17.0. The Balaban J connectivity index is 0.865. The molecule has 11 heteroatoms. The second kappa shape index (κ2) is 14.0. The van der Waals surface area contributed by atoms with Crippen LogP contribution in [0, 0.1) is 5.92 Å². The monoisotopic (exact) mass is 828 g/mol. The summed E-state index contributed by atoms with van der Waals surface area (Å²) in [5.41, 5.74) is 6.65. The van der Waals surface area contributed by atoms with Gasteiger partial charge in [0.25, 0.3) is 17.7 Å². The van der Waals surface area contributed by atoms with E-state index < -0.39 is 11.7 Å². The lowest BCUT2D eigenvalue weighted by Gasteiger charge is -2.29. The van der Waals surface area contributed by atoms with Gasteiger partial charge in [0, 0.05) is 40.2 Å². The predicted octanol–water partition coefficient (Wildman–Crippen LogP) is 9.51. The lowest BCUT2D eigenvalue weighted by atomic mass is 9.82. The van der Waals surface area contributed by atoms with Crippen LogP contribution in [0.2, 0.25) is 0 Å². The molecule has 1 fully saturated rings. The third-order valence-electron chi connectivity index (χ3n) is 13.4. The molecule has 1 saturated heterocycles. The molecule has 0 bridgehead atoms. The Kier molecular flexibility index (Phi) is 8.31. The molecule has 7 aromatic carbocycles. The fourth-order valence-corrected chi connectivity index (χ4v) is 10.4. The number of fused-ring (bicyclic) bond motifs is 2. The first-order valence-electron chi connectivity index (χ1n) is 21.4. The molecule has 11 nitrogen and oxygen atoms in total. The Labute approximate surface area is 362 Å². The summed E-state index contributed by atoms with van der Waals surface area (Å²) in [6, 6.07) is 46.5. The van der Waals surface area contributed by atoms with E-state index in [0.717, 1.165) is 61.0 Å². The molecule has 0 unspecified atom stereocenters. The molecule has 12 rings (SSSR count). The maximum absolute atomic E-state index is 15.2. The number of benzene rings is 7. The lowest BCUT2D eigenvalue weighted by molar-refractivity contribution is -0.146. The van der Waals surface area contributed by atoms with Crippen LogP contribution in [0.1, 0.15) is 69.0 Å². The number of ether oxygens (including phenoxy) is 1. The summed E-state index contributed by atoms with van der Waals surface area (Å²) in [6.07, 6.45) is 1.76. The Morgan fingerprint density at radius 1 is 0.714 bits per heavy atom. The third-order valence-corrected chi connectivity index (χ3v) is 13.4. The number of hydrogen-bond acceptors (Lipinski definition) is 7. The SMILES string of the molecule is C[C@H]1C[C@@H](CCn2cc([C@H](O)c3ccccc3)nn2)O[C@]12C(=O)N(Cc1ccc(N3C(=O)c4cccc5cccc3c45)cc1)c1ccc(N3C(=O)c4cccc5cccc3c45)cc12. The van der Waals surface area contributed by atoms with E-state index in [1.165, 1.54) is 0 Å². The number of aliphatic hydroxyl groups excluding tert-OH is 1. The minimum absolute atomic E-state index is 0.0669. The minimum Gasteiger partial charge on any atom is -0.382 e. The quantitative estimate of drug-likeness (QED) is 0.154. The highest BCUT2D eigenvalue weighted by Crippen LogP contribution is 2.56. The topological polar surface area (TPSA) is 121 Å². The number of hydrogen-bond donors (Lipinski definition) is 1. The third kappa shape index (κ3) is 5.56. The van der Waals surface area contributed by atoms with Crippen molar-refractivity contribution in [3.05, 3.63) is 185 Å². The number of amides is 3. The van der Waals surface area contributed by atoms with E-state index in [0.29, 0.717) is 41.9 Å². The predicted molar refractivity (Wildman–Crippen MR) is 240 cm³/mol. The van der Waals surface area contributed by atoms with E-state index in [-0.39, 0.29) is 36.3 Å². The molecule has 3 amide bonds. The highest BCUT2D eigenvalue weighted by atomic mass is 16.5. The normalized spacial score (nSPS) is 20.3. The van der Waals surface area contributed by atoms with Gasteiger partial charge in [0.1, 0.15) is 11.8 Å². The van der Waals surface area contributed by atoms with Crippen molar-refractivity contribution in [1.82, 2.24) is 15.0 Å². The van der Waals surface area contributed by atoms with Crippen LogP contribution in [0.4, 0.5) is 28.4 Å². The number of anilines is 5. The van der Waals surface area contributed by atoms with Gasteiger partial charge >= 0.3 is 0 Å². The van der Waals surface area contributed by atoms with Gasteiger partial charge in [-0.2, -0.15) is 0 Å². The van der Waals surface area contributed by atoms with E-state index in [2.05, 4.69) is 17.2 Å². The van der Waals surface area contributed by atoms with Gasteiger partial charge in [-0.15, -0.1) is 5.10 Å². The van der Waals surface area contributed by atoms with Crippen molar-refractivity contribution in [2.45, 2.75) is 50.7 Å². The summed E-state index contributed by atoms with van der Waals surface area (Å²) in [4.78, 5) is 48.4. The maximum Gasteiger partial charge on any atom is 0.264 e. The highest BCUT2D eigenvalue weighted by molar-refractivity contribution is 6.29. The summed E-state index contributed by atoms with van der Waals surface area (Å²) in [6.45, 7) is 2.82. The number of nitrogens with zero attached hydrogens (tertiary/aromatic N) is 6. The molecule has 0 aliphatic carbocycles. The Bertz CT molecular complexity index is 3190. The van der Waals surface area contributed by atoms with Gasteiger partial charge in [0.05, 0.1) is 47.0 Å². The second-order valence-corrected chi connectivity index (χ2v) is 17.0. The summed E-state index contributed by atoms with van der Waals surface area (Å²) >= 11 is 0. The summed E-state index contributed by atoms with van der Waals surface area (Å²) in [5, 5.41) is 23.4. The van der Waals surface area contributed by atoms with Gasteiger partial charge in [-0.1, -0.05) is 103 Å². The fourth-order valence-electron chi connectivity index (χ4n) is 10.4. The van der Waals surface area contributed by atoms with Crippen LogP contribution in [0.5, 0.6) is 0 Å². The van der Waals surface area contributed by atoms with Crippen molar-refractivity contribution in [2.24, 2.45) is 5.92 Å². The Morgan fingerprint density at radius 2 is 1.33 bits per heavy atom. The highest BCUT2D eigenvalue weighted by Gasteiger charge is 2.60. The Hall–Kier alpha value is -7.47. The standard InChI is InChI=1S/C52H40N6O5/c1-31-27-38(25-26-55-30-42(53-54-55)48(59)35-9-3-2-4-10-35)63-52(31)41-28-37(58-45-18-8-14-34-12-6-16-40(47(34)45)50(58)61)23-24-43(41)56(51(52)62)29-32-19-21-36(22-20-32)57-44-17-7-13-33-11-5-15-39(46(33)44)49(57)60/h2-24,28,30-31,38,48,59H,25-27,29H2,1H3/t31-,38+,48+,52+/m0/s1. The fraction of sp³-hybridized carbons (Fsp3) is 0.173. The molecular formula is C52H40N6O5. The van der Waals surface area contributed by atoms with E-state index >= 15 is 4.79 Å². The van der Waals surface area contributed by atoms with Gasteiger partial charge in [0.15, 0.2) is 5.60 Å². The van der Waals surface area contributed by atoms with Gasteiger partial charge in [-0.05, 0) is 89.3 Å². The van der Waals surface area contributed by atoms with Gasteiger partial charge in [-0.25, -0.2) is 0 Å². The van der Waals surface area contributed by atoms with Crippen LogP contribution >= 0.6 is 0 Å². The molecule has 63 heavy (non-hydrogen) atoms. The first-order valence-corrected chi connectivity index (χ1v) is 21.4. The van der Waals surface area contributed by atoms with Crippen LogP contribution in [-0.4, -0.2) is 43.9 Å². The van der Waals surface area contributed by atoms with Crippen molar-refractivity contribution in [3.63, 3.8) is 0 Å². The molecule has 8 aromatic rings. The number of aryl methyl sites for hydroxylation is 1. The molecule has 0 saturated carbocycles. The molecule has 1 spiro atoms. The molecule has 1 N–H and O–H groups in total. The van der Waals surface area contributed by atoms with Crippen molar-refractivity contribution in [1.29, 1.82) is 0 Å². The van der Waals surface area contributed by atoms with Crippen LogP contribution in [0.25, 0.3) is 21.5 Å². The van der Waals surface area contributed by atoms with Crippen LogP contribution < -0.4 is 14.7 Å². The number of aromatic nitrogens is 3. The van der Waals surface area contributed by atoms with Gasteiger partial charge < -0.3 is 14.7 Å². The first-order chi connectivity index (χ1) is 30.8. The molecule has 5 heterocycles. The zero-order chi connectivity index (χ0) is 42.6. The molecule has 4 aliphatic heterocycles. The number of rotatable bonds is 9. The van der Waals surface area contributed by atoms with E-state index in [1.807, 2.05) is 146 Å². The average molecular weight is 829 g/mol.